The van der Waals surface area contributed by atoms with Gasteiger partial charge < -0.3 is 9.80 Å². The Morgan fingerprint density at radius 2 is 1.88 bits per heavy atom. The lowest BCUT2D eigenvalue weighted by Crippen LogP contribution is -2.52. The molecule has 0 atom stereocenters. The van der Waals surface area contributed by atoms with E-state index >= 15 is 0 Å². The van der Waals surface area contributed by atoms with Crippen LogP contribution in [0.5, 0.6) is 0 Å². The third kappa shape index (κ3) is 2.70. The summed E-state index contributed by atoms with van der Waals surface area (Å²) >= 11 is 0. The summed E-state index contributed by atoms with van der Waals surface area (Å²) in [5, 5.41) is 2.63. The van der Waals surface area contributed by atoms with Gasteiger partial charge in [0.25, 0.3) is 11.5 Å². The van der Waals surface area contributed by atoms with Gasteiger partial charge in [-0.3, -0.25) is 19.4 Å². The summed E-state index contributed by atoms with van der Waals surface area (Å²) in [6, 6.07) is 9.90. The topological polar surface area (TPSA) is 61.3 Å². The molecule has 1 saturated heterocycles. The molecule has 0 aliphatic carbocycles. The summed E-state index contributed by atoms with van der Waals surface area (Å²) in [6.07, 6.45) is 2.10. The van der Waals surface area contributed by atoms with E-state index in [1.54, 1.807) is 7.05 Å². The summed E-state index contributed by atoms with van der Waals surface area (Å²) in [7, 11) is 3.86. The van der Waals surface area contributed by atoms with Gasteiger partial charge >= 0.3 is 0 Å². The highest BCUT2D eigenvalue weighted by molar-refractivity contribution is 5.92. The molecule has 1 N–H and O–H groups in total. The van der Waals surface area contributed by atoms with Gasteiger partial charge in [-0.15, -0.1) is 0 Å². The average Bonchev–Trinajstić information content (AvgIpc) is 2.95. The fourth-order valence-corrected chi connectivity index (χ4v) is 4.35. The van der Waals surface area contributed by atoms with Crippen molar-refractivity contribution in [2.75, 3.05) is 26.7 Å². The van der Waals surface area contributed by atoms with Crippen molar-refractivity contribution in [3.8, 4) is 0 Å². The zero-order valence-corrected chi connectivity index (χ0v) is 14.8. The number of carbonyl (C=O) groups excluding carboxylic acids is 1. The first kappa shape index (κ1) is 16.1. The molecule has 2 aliphatic rings. The molecule has 1 fully saturated rings. The lowest BCUT2D eigenvalue weighted by molar-refractivity contribution is 0.0588. The molecule has 0 saturated carbocycles. The Kier molecular flexibility index (Phi) is 3.80. The third-order valence-corrected chi connectivity index (χ3v) is 5.80. The third-order valence-electron chi connectivity index (χ3n) is 5.80. The molecule has 6 nitrogen and oxygen atoms in total. The number of hydrogen-bond donors (Lipinski definition) is 1. The molecule has 25 heavy (non-hydrogen) atoms. The fraction of sp³-hybridized carbons (Fsp3) is 0.474. The summed E-state index contributed by atoms with van der Waals surface area (Å²) in [5.74, 6) is -0.0753. The van der Waals surface area contributed by atoms with Crippen LogP contribution in [0.15, 0.2) is 35.1 Å². The van der Waals surface area contributed by atoms with Crippen molar-refractivity contribution in [1.82, 2.24) is 19.6 Å². The quantitative estimate of drug-likeness (QED) is 0.852. The molecule has 3 heterocycles. The maximum Gasteiger partial charge on any atom is 0.272 e. The largest absolute Gasteiger partial charge is 0.332 e. The summed E-state index contributed by atoms with van der Waals surface area (Å²) in [5.41, 5.74) is 2.83. The number of amides is 1. The van der Waals surface area contributed by atoms with Crippen molar-refractivity contribution in [3.63, 3.8) is 0 Å². The molecule has 1 aromatic heterocycles. The van der Waals surface area contributed by atoms with E-state index in [2.05, 4.69) is 35.2 Å². The monoisotopic (exact) mass is 340 g/mol. The van der Waals surface area contributed by atoms with E-state index in [1.165, 1.54) is 21.9 Å². The standard InChI is InChI=1S/C19H24N4O2/c1-21-9-7-19(8-10-21)13-23(12-14-5-3-4-6-15(14)19)18(25)16-11-17(24)20-22(16)2/h3-6,11H,7-10,12-13H2,1-2H3,(H,20,24). The van der Waals surface area contributed by atoms with Gasteiger partial charge in [0.1, 0.15) is 5.69 Å². The number of aromatic amines is 1. The normalized spacial score (nSPS) is 19.8. The van der Waals surface area contributed by atoms with E-state index in [-0.39, 0.29) is 16.9 Å². The van der Waals surface area contributed by atoms with Crippen LogP contribution in [0, 0.1) is 0 Å². The van der Waals surface area contributed by atoms with E-state index in [0.29, 0.717) is 12.2 Å². The van der Waals surface area contributed by atoms with Crippen LogP contribution in [0.3, 0.4) is 0 Å². The maximum absolute atomic E-state index is 13.1. The van der Waals surface area contributed by atoms with Crippen LogP contribution in [0.4, 0.5) is 0 Å². The van der Waals surface area contributed by atoms with Crippen LogP contribution in [0.25, 0.3) is 0 Å². The highest BCUT2D eigenvalue weighted by atomic mass is 16.2. The second-order valence-electron chi connectivity index (χ2n) is 7.47. The number of aromatic nitrogens is 2. The van der Waals surface area contributed by atoms with Gasteiger partial charge in [-0.1, -0.05) is 24.3 Å². The first-order chi connectivity index (χ1) is 12.0. The van der Waals surface area contributed by atoms with Crippen molar-refractivity contribution in [3.05, 3.63) is 57.5 Å². The van der Waals surface area contributed by atoms with Crippen LogP contribution < -0.4 is 5.56 Å². The number of H-pyrrole nitrogens is 1. The summed E-state index contributed by atoms with van der Waals surface area (Å²) < 4.78 is 1.52. The van der Waals surface area contributed by atoms with Crippen molar-refractivity contribution >= 4 is 5.91 Å². The van der Waals surface area contributed by atoms with E-state index in [4.69, 9.17) is 0 Å². The number of carbonyl (C=O) groups is 1. The van der Waals surface area contributed by atoms with E-state index in [0.717, 1.165) is 32.5 Å². The van der Waals surface area contributed by atoms with Gasteiger partial charge in [-0.25, -0.2) is 0 Å². The van der Waals surface area contributed by atoms with E-state index in [1.807, 2.05) is 11.0 Å². The molecule has 0 unspecified atom stereocenters. The SMILES string of the molecule is CN1CCC2(CC1)CN(C(=O)c1cc(=O)[nH]n1C)Cc1ccccc12. The number of fused-ring (bicyclic) bond motifs is 2. The predicted octanol–water partition coefficient (Wildman–Crippen LogP) is 1.33. The molecule has 0 bridgehead atoms. The van der Waals surface area contributed by atoms with Crippen LogP contribution >= 0.6 is 0 Å². The van der Waals surface area contributed by atoms with Gasteiger partial charge in [0.15, 0.2) is 0 Å². The van der Waals surface area contributed by atoms with Crippen LogP contribution in [-0.2, 0) is 19.0 Å². The van der Waals surface area contributed by atoms with Crippen molar-refractivity contribution in [1.29, 1.82) is 0 Å². The number of nitrogens with zero attached hydrogens (tertiary/aromatic N) is 3. The fourth-order valence-electron chi connectivity index (χ4n) is 4.35. The molecule has 2 aliphatic heterocycles. The molecule has 1 aromatic carbocycles. The van der Waals surface area contributed by atoms with Gasteiger partial charge in [-0.2, -0.15) is 0 Å². The number of aryl methyl sites for hydroxylation is 1. The lowest BCUT2D eigenvalue weighted by atomic mass is 9.69. The number of likely N-dealkylation sites (tertiary alicyclic amines) is 1. The number of rotatable bonds is 1. The highest BCUT2D eigenvalue weighted by Crippen LogP contribution is 2.41. The minimum atomic E-state index is -0.239. The van der Waals surface area contributed by atoms with Crippen molar-refractivity contribution < 1.29 is 4.79 Å². The predicted molar refractivity (Wildman–Crippen MR) is 95.6 cm³/mol. The number of benzene rings is 1. The second-order valence-corrected chi connectivity index (χ2v) is 7.47. The zero-order valence-electron chi connectivity index (χ0n) is 14.8. The average molecular weight is 340 g/mol. The smallest absolute Gasteiger partial charge is 0.272 e. The maximum atomic E-state index is 13.1. The van der Waals surface area contributed by atoms with Crippen molar-refractivity contribution in [2.24, 2.45) is 7.05 Å². The van der Waals surface area contributed by atoms with Crippen LogP contribution in [-0.4, -0.2) is 52.2 Å². The molecule has 1 spiro atoms. The molecule has 6 heteroatoms. The zero-order chi connectivity index (χ0) is 17.6. The van der Waals surface area contributed by atoms with E-state index < -0.39 is 0 Å². The van der Waals surface area contributed by atoms with Crippen LogP contribution in [0.2, 0.25) is 0 Å². The Morgan fingerprint density at radius 1 is 1.16 bits per heavy atom. The van der Waals surface area contributed by atoms with Gasteiger partial charge in [-0.05, 0) is 44.1 Å². The Balaban J connectivity index is 1.71. The minimum Gasteiger partial charge on any atom is -0.332 e. The molecule has 2 aromatic rings. The second kappa shape index (κ2) is 5.88. The Labute approximate surface area is 147 Å². The molecule has 0 radical (unpaired) electrons. The molecule has 132 valence electrons. The first-order valence-electron chi connectivity index (χ1n) is 8.81. The van der Waals surface area contributed by atoms with Crippen molar-refractivity contribution in [2.45, 2.75) is 24.8 Å². The molecular weight excluding hydrogens is 316 g/mol. The van der Waals surface area contributed by atoms with Gasteiger partial charge in [0, 0.05) is 31.6 Å². The summed E-state index contributed by atoms with van der Waals surface area (Å²) in [6.45, 7) is 3.40. The van der Waals surface area contributed by atoms with Gasteiger partial charge in [0.05, 0.1) is 0 Å². The molecule has 1 amide bonds. The Morgan fingerprint density at radius 3 is 2.56 bits per heavy atom. The number of nitrogens with one attached hydrogen (secondary N) is 1. The van der Waals surface area contributed by atoms with E-state index in [9.17, 15) is 9.59 Å². The minimum absolute atomic E-state index is 0.0200. The van der Waals surface area contributed by atoms with Gasteiger partial charge in [0.2, 0.25) is 0 Å². The Bertz CT molecular complexity index is 858. The number of piperidine rings is 1. The highest BCUT2D eigenvalue weighted by Gasteiger charge is 2.42. The molecule has 4 rings (SSSR count). The number of hydrogen-bond acceptors (Lipinski definition) is 3. The molecular formula is C19H24N4O2. The lowest BCUT2D eigenvalue weighted by Gasteiger charge is -2.48. The first-order valence-corrected chi connectivity index (χ1v) is 8.81. The summed E-state index contributed by atoms with van der Waals surface area (Å²) in [4.78, 5) is 28.9. The Hall–Kier alpha value is -2.34. The van der Waals surface area contributed by atoms with Crippen LogP contribution in [0.1, 0.15) is 34.5 Å².